The van der Waals surface area contributed by atoms with Gasteiger partial charge < -0.3 is 15.8 Å². The van der Waals surface area contributed by atoms with Gasteiger partial charge in [0.1, 0.15) is 0 Å². The van der Waals surface area contributed by atoms with Gasteiger partial charge >= 0.3 is 0 Å². The molecule has 94 valence electrons. The number of carbonyl (C=O) groups excluding carboxylic acids is 1. The second-order valence-corrected chi connectivity index (χ2v) is 4.89. The van der Waals surface area contributed by atoms with Gasteiger partial charge in [0.15, 0.2) is 0 Å². The van der Waals surface area contributed by atoms with Crippen molar-refractivity contribution in [3.05, 3.63) is 12.3 Å². The molecule has 3 N–H and O–H groups in total. The number of hydrogen-bond acceptors (Lipinski definition) is 3. The van der Waals surface area contributed by atoms with E-state index in [9.17, 15) is 4.79 Å². The molecule has 0 aromatic heterocycles. The van der Waals surface area contributed by atoms with Crippen LogP contribution in [0.4, 0.5) is 0 Å². The van der Waals surface area contributed by atoms with Crippen molar-refractivity contribution >= 4 is 5.91 Å². The maximum absolute atomic E-state index is 11.8. The van der Waals surface area contributed by atoms with Gasteiger partial charge in [-0.1, -0.05) is 20.4 Å². The Bertz CT molecular complexity index is 247. The van der Waals surface area contributed by atoms with E-state index in [0.29, 0.717) is 25.3 Å². The van der Waals surface area contributed by atoms with Crippen LogP contribution in [0.2, 0.25) is 0 Å². The number of amides is 1. The van der Waals surface area contributed by atoms with Crippen LogP contribution in [-0.2, 0) is 9.53 Å². The van der Waals surface area contributed by atoms with Gasteiger partial charge in [-0.15, -0.1) is 0 Å². The van der Waals surface area contributed by atoms with Crippen LogP contribution >= 0.6 is 0 Å². The highest BCUT2D eigenvalue weighted by Crippen LogP contribution is 2.20. The number of nitrogens with one attached hydrogen (secondary N) is 1. The third kappa shape index (κ3) is 6.45. The van der Waals surface area contributed by atoms with E-state index in [0.717, 1.165) is 0 Å². The second-order valence-electron chi connectivity index (χ2n) is 4.89. The molecule has 0 spiro atoms. The van der Waals surface area contributed by atoms with Crippen LogP contribution in [0.25, 0.3) is 0 Å². The summed E-state index contributed by atoms with van der Waals surface area (Å²) in [5.74, 6) is -0.0218. The molecule has 0 aromatic rings. The van der Waals surface area contributed by atoms with Crippen LogP contribution in [0.15, 0.2) is 12.3 Å². The van der Waals surface area contributed by atoms with Crippen LogP contribution in [0.5, 0.6) is 0 Å². The molecule has 0 fully saturated rings. The lowest BCUT2D eigenvalue weighted by Gasteiger charge is -2.24. The largest absolute Gasteiger partial charge is 0.401 e. The quantitative estimate of drug-likeness (QED) is 0.692. The van der Waals surface area contributed by atoms with E-state index in [-0.39, 0.29) is 12.0 Å². The van der Waals surface area contributed by atoms with E-state index >= 15 is 0 Å². The molecule has 0 bridgehead atoms. The predicted octanol–water partition coefficient (Wildman–Crippen LogP) is 1.42. The second kappa shape index (κ2) is 6.53. The molecule has 0 radical (unpaired) electrons. The molecule has 4 heteroatoms. The fraction of sp³-hybridized carbons (Fsp3) is 0.750. The summed E-state index contributed by atoms with van der Waals surface area (Å²) >= 11 is 0. The molecule has 0 aliphatic heterocycles. The zero-order valence-electron chi connectivity index (χ0n) is 10.8. The summed E-state index contributed by atoms with van der Waals surface area (Å²) in [5.41, 5.74) is 5.41. The molecule has 0 unspecified atom stereocenters. The lowest BCUT2D eigenvalue weighted by atomic mass is 9.88. The highest BCUT2D eigenvalue weighted by molar-refractivity contribution is 5.81. The van der Waals surface area contributed by atoms with E-state index in [1.807, 2.05) is 27.7 Å². The van der Waals surface area contributed by atoms with Crippen molar-refractivity contribution in [3.8, 4) is 0 Å². The Morgan fingerprint density at radius 3 is 2.50 bits per heavy atom. The first kappa shape index (κ1) is 15.0. The van der Waals surface area contributed by atoms with Crippen molar-refractivity contribution in [3.63, 3.8) is 0 Å². The van der Waals surface area contributed by atoms with Crippen molar-refractivity contribution in [2.45, 2.75) is 40.2 Å². The highest BCUT2D eigenvalue weighted by atomic mass is 16.5. The Balaban J connectivity index is 4.00. The molecular weight excluding hydrogens is 204 g/mol. The van der Waals surface area contributed by atoms with Gasteiger partial charge in [0.2, 0.25) is 5.91 Å². The summed E-state index contributed by atoms with van der Waals surface area (Å²) in [6, 6.07) is 0. The van der Waals surface area contributed by atoms with Crippen LogP contribution in [-0.4, -0.2) is 25.2 Å². The topological polar surface area (TPSA) is 64.3 Å². The van der Waals surface area contributed by atoms with Gasteiger partial charge in [-0.25, -0.2) is 0 Å². The lowest BCUT2D eigenvalue weighted by molar-refractivity contribution is -0.130. The maximum atomic E-state index is 11.8. The first-order valence-electron chi connectivity index (χ1n) is 5.59. The molecule has 1 amide bonds. The standard InChI is InChI=1S/C12H24N2O2/c1-9(2)16-7-6-12(4,5)11(15)14-8-10(3)13/h9H,3,6-8,13H2,1-2,4-5H3,(H,14,15). The van der Waals surface area contributed by atoms with E-state index in [4.69, 9.17) is 10.5 Å². The number of ether oxygens (including phenoxy) is 1. The third-order valence-electron chi connectivity index (χ3n) is 2.27. The molecule has 16 heavy (non-hydrogen) atoms. The summed E-state index contributed by atoms with van der Waals surface area (Å²) in [7, 11) is 0. The molecule has 0 saturated carbocycles. The van der Waals surface area contributed by atoms with E-state index < -0.39 is 5.41 Å². The first-order chi connectivity index (χ1) is 7.25. The van der Waals surface area contributed by atoms with Crippen LogP contribution in [0.1, 0.15) is 34.1 Å². The minimum Gasteiger partial charge on any atom is -0.401 e. The van der Waals surface area contributed by atoms with Gasteiger partial charge in [0.25, 0.3) is 0 Å². The van der Waals surface area contributed by atoms with Gasteiger partial charge in [0, 0.05) is 17.7 Å². The van der Waals surface area contributed by atoms with Gasteiger partial charge in [-0.2, -0.15) is 0 Å². The summed E-state index contributed by atoms with van der Waals surface area (Å²) in [5, 5.41) is 2.74. The van der Waals surface area contributed by atoms with Crippen molar-refractivity contribution in [2.75, 3.05) is 13.2 Å². The Morgan fingerprint density at radius 2 is 2.06 bits per heavy atom. The van der Waals surface area contributed by atoms with Crippen LogP contribution < -0.4 is 11.1 Å². The van der Waals surface area contributed by atoms with Gasteiger partial charge in [0.05, 0.1) is 12.6 Å². The van der Waals surface area contributed by atoms with Crippen molar-refractivity contribution < 1.29 is 9.53 Å². The first-order valence-corrected chi connectivity index (χ1v) is 5.59. The minimum atomic E-state index is -0.440. The zero-order valence-corrected chi connectivity index (χ0v) is 10.8. The number of hydrogen-bond donors (Lipinski definition) is 2. The Labute approximate surface area is 98.2 Å². The zero-order chi connectivity index (χ0) is 12.8. The fourth-order valence-electron chi connectivity index (χ4n) is 1.10. The Morgan fingerprint density at radius 1 is 1.50 bits per heavy atom. The van der Waals surface area contributed by atoms with Crippen molar-refractivity contribution in [1.29, 1.82) is 0 Å². The average molecular weight is 228 g/mol. The lowest BCUT2D eigenvalue weighted by Crippen LogP contribution is -2.39. The monoisotopic (exact) mass is 228 g/mol. The van der Waals surface area contributed by atoms with Gasteiger partial charge in [-0.3, -0.25) is 4.79 Å². The summed E-state index contributed by atoms with van der Waals surface area (Å²) < 4.78 is 5.43. The maximum Gasteiger partial charge on any atom is 0.226 e. The molecule has 4 nitrogen and oxygen atoms in total. The molecular formula is C12H24N2O2. The van der Waals surface area contributed by atoms with E-state index in [2.05, 4.69) is 11.9 Å². The normalized spacial score (nSPS) is 11.6. The minimum absolute atomic E-state index is 0.0218. The van der Waals surface area contributed by atoms with E-state index in [1.165, 1.54) is 0 Å². The molecule has 0 atom stereocenters. The third-order valence-corrected chi connectivity index (χ3v) is 2.27. The van der Waals surface area contributed by atoms with E-state index in [1.54, 1.807) is 0 Å². The fourth-order valence-corrected chi connectivity index (χ4v) is 1.10. The molecule has 0 aliphatic carbocycles. The molecule has 0 rings (SSSR count). The molecule has 0 aliphatic rings. The summed E-state index contributed by atoms with van der Waals surface area (Å²) in [6.45, 7) is 12.2. The Hall–Kier alpha value is -1.03. The highest BCUT2D eigenvalue weighted by Gasteiger charge is 2.26. The number of nitrogens with two attached hydrogens (primary N) is 1. The van der Waals surface area contributed by atoms with Crippen molar-refractivity contribution in [2.24, 2.45) is 11.1 Å². The SMILES string of the molecule is C=C(N)CNC(=O)C(C)(C)CCOC(C)C. The Kier molecular flexibility index (Phi) is 6.11. The summed E-state index contributed by atoms with van der Waals surface area (Å²) in [4.78, 5) is 11.8. The van der Waals surface area contributed by atoms with Gasteiger partial charge in [-0.05, 0) is 20.3 Å². The summed E-state index contributed by atoms with van der Waals surface area (Å²) in [6.07, 6.45) is 0.885. The number of carbonyl (C=O) groups is 1. The van der Waals surface area contributed by atoms with Crippen molar-refractivity contribution in [1.82, 2.24) is 5.32 Å². The molecule has 0 saturated heterocycles. The predicted molar refractivity (Wildman–Crippen MR) is 65.8 cm³/mol. The average Bonchev–Trinajstić information content (AvgIpc) is 2.12. The van der Waals surface area contributed by atoms with Crippen LogP contribution in [0, 0.1) is 5.41 Å². The molecule has 0 aromatic carbocycles. The smallest absolute Gasteiger partial charge is 0.226 e. The van der Waals surface area contributed by atoms with Crippen LogP contribution in [0.3, 0.4) is 0 Å². The molecule has 0 heterocycles. The number of rotatable bonds is 7.